The van der Waals surface area contributed by atoms with Crippen molar-refractivity contribution in [3.63, 3.8) is 0 Å². The minimum absolute atomic E-state index is 0.0283. The van der Waals surface area contributed by atoms with Gasteiger partial charge in [0.05, 0.1) is 0 Å². The maximum absolute atomic E-state index is 12.5. The summed E-state index contributed by atoms with van der Waals surface area (Å²) >= 11 is 5.89. The molecule has 1 atom stereocenters. The van der Waals surface area contributed by atoms with Crippen LogP contribution in [0.5, 0.6) is 0 Å². The minimum Gasteiger partial charge on any atom is -0.351 e. The number of halogens is 1. The zero-order valence-electron chi connectivity index (χ0n) is 13.1. The third kappa shape index (κ3) is 3.69. The van der Waals surface area contributed by atoms with Crippen molar-refractivity contribution in [3.05, 3.63) is 29.3 Å². The van der Waals surface area contributed by atoms with Crippen molar-refractivity contribution in [2.45, 2.75) is 51.1 Å². The largest absolute Gasteiger partial charge is 0.351 e. The van der Waals surface area contributed by atoms with Crippen LogP contribution in [0.3, 0.4) is 0 Å². The van der Waals surface area contributed by atoms with Crippen LogP contribution < -0.4 is 5.32 Å². The number of carbonyl (C=O) groups excluding carboxylic acids is 1. The normalized spacial score (nSPS) is 16.4. The molecule has 122 valence electrons. The van der Waals surface area contributed by atoms with Gasteiger partial charge in [0.25, 0.3) is 0 Å². The third-order valence-corrected chi connectivity index (χ3v) is 4.45. The smallest absolute Gasteiger partial charge is 0.247 e. The van der Waals surface area contributed by atoms with Crippen LogP contribution in [0.25, 0.3) is 11.4 Å². The molecule has 1 fully saturated rings. The lowest BCUT2D eigenvalue weighted by Gasteiger charge is -2.17. The average molecular weight is 334 g/mol. The fourth-order valence-corrected chi connectivity index (χ4v) is 3.02. The van der Waals surface area contributed by atoms with Crippen LogP contribution in [0.4, 0.5) is 0 Å². The summed E-state index contributed by atoms with van der Waals surface area (Å²) in [6.45, 7) is 1.95. The summed E-state index contributed by atoms with van der Waals surface area (Å²) in [5, 5.41) is 16.2. The van der Waals surface area contributed by atoms with Gasteiger partial charge in [0.1, 0.15) is 0 Å². The van der Waals surface area contributed by atoms with Gasteiger partial charge in [-0.2, -0.15) is 4.80 Å². The first-order valence-corrected chi connectivity index (χ1v) is 8.41. The van der Waals surface area contributed by atoms with Gasteiger partial charge in [-0.3, -0.25) is 4.79 Å². The van der Waals surface area contributed by atoms with E-state index in [2.05, 4.69) is 20.7 Å². The first-order chi connectivity index (χ1) is 11.2. The number of amides is 1. The van der Waals surface area contributed by atoms with Crippen LogP contribution in [0.15, 0.2) is 24.3 Å². The molecular weight excluding hydrogens is 314 g/mol. The molecule has 3 rings (SSSR count). The van der Waals surface area contributed by atoms with E-state index in [4.69, 9.17) is 11.6 Å². The highest BCUT2D eigenvalue weighted by molar-refractivity contribution is 6.30. The average Bonchev–Trinajstić information content (AvgIpc) is 3.21. The lowest BCUT2D eigenvalue weighted by molar-refractivity contribution is -0.125. The van der Waals surface area contributed by atoms with Crippen LogP contribution in [0.1, 0.15) is 45.1 Å². The maximum atomic E-state index is 12.5. The van der Waals surface area contributed by atoms with E-state index in [0.29, 0.717) is 17.3 Å². The van der Waals surface area contributed by atoms with Crippen molar-refractivity contribution in [1.82, 2.24) is 25.5 Å². The quantitative estimate of drug-likeness (QED) is 0.912. The van der Waals surface area contributed by atoms with Crippen molar-refractivity contribution in [2.75, 3.05) is 0 Å². The molecule has 1 saturated carbocycles. The van der Waals surface area contributed by atoms with Gasteiger partial charge in [-0.1, -0.05) is 31.4 Å². The number of hydrogen-bond acceptors (Lipinski definition) is 4. The standard InChI is InChI=1S/C16H20ClN5O/c1-2-14(16(23)18-13-5-3-4-6-13)22-20-15(19-21-22)11-7-9-12(17)10-8-11/h7-10,13-14H,2-6H2,1H3,(H,18,23)/t14-/m0/s1. The lowest BCUT2D eigenvalue weighted by Crippen LogP contribution is -2.39. The van der Waals surface area contributed by atoms with Crippen LogP contribution in [-0.4, -0.2) is 32.2 Å². The lowest BCUT2D eigenvalue weighted by atomic mass is 10.2. The Morgan fingerprint density at radius 2 is 2.04 bits per heavy atom. The molecule has 0 saturated heterocycles. The Hall–Kier alpha value is -1.95. The van der Waals surface area contributed by atoms with Gasteiger partial charge in [0.2, 0.25) is 11.7 Å². The van der Waals surface area contributed by atoms with Crippen LogP contribution in [0.2, 0.25) is 5.02 Å². The van der Waals surface area contributed by atoms with E-state index < -0.39 is 6.04 Å². The first-order valence-electron chi connectivity index (χ1n) is 8.03. The van der Waals surface area contributed by atoms with Gasteiger partial charge in [-0.05, 0) is 48.7 Å². The third-order valence-electron chi connectivity index (χ3n) is 4.20. The Kier molecular flexibility index (Phi) is 4.91. The topological polar surface area (TPSA) is 72.7 Å². The van der Waals surface area contributed by atoms with Gasteiger partial charge in [-0.15, -0.1) is 10.2 Å². The Labute approximate surface area is 140 Å². The van der Waals surface area contributed by atoms with E-state index >= 15 is 0 Å². The molecule has 7 heteroatoms. The monoisotopic (exact) mass is 333 g/mol. The molecule has 1 aromatic carbocycles. The summed E-state index contributed by atoms with van der Waals surface area (Å²) in [7, 11) is 0. The molecule has 1 heterocycles. The highest BCUT2D eigenvalue weighted by atomic mass is 35.5. The van der Waals surface area contributed by atoms with Gasteiger partial charge >= 0.3 is 0 Å². The molecule has 0 radical (unpaired) electrons. The fraction of sp³-hybridized carbons (Fsp3) is 0.500. The summed E-state index contributed by atoms with van der Waals surface area (Å²) in [5.41, 5.74) is 0.826. The molecule has 1 aliphatic rings. The number of rotatable bonds is 5. The first kappa shape index (κ1) is 15.9. The molecule has 0 bridgehead atoms. The molecule has 1 aliphatic carbocycles. The zero-order chi connectivity index (χ0) is 16.2. The van der Waals surface area contributed by atoms with E-state index in [1.54, 1.807) is 12.1 Å². The predicted molar refractivity (Wildman–Crippen MR) is 88.0 cm³/mol. The van der Waals surface area contributed by atoms with Crippen molar-refractivity contribution in [1.29, 1.82) is 0 Å². The number of nitrogens with zero attached hydrogens (tertiary/aromatic N) is 4. The van der Waals surface area contributed by atoms with Gasteiger partial charge in [0, 0.05) is 16.6 Å². The Morgan fingerprint density at radius 1 is 1.35 bits per heavy atom. The van der Waals surface area contributed by atoms with Crippen LogP contribution in [0, 0.1) is 0 Å². The second-order valence-corrected chi connectivity index (χ2v) is 6.29. The van der Waals surface area contributed by atoms with Crippen LogP contribution in [-0.2, 0) is 4.79 Å². The Balaban J connectivity index is 1.73. The number of tetrazole rings is 1. The fourth-order valence-electron chi connectivity index (χ4n) is 2.89. The van der Waals surface area contributed by atoms with Gasteiger partial charge in [-0.25, -0.2) is 0 Å². The highest BCUT2D eigenvalue weighted by Crippen LogP contribution is 2.20. The zero-order valence-corrected chi connectivity index (χ0v) is 13.8. The molecule has 2 aromatic rings. The SMILES string of the molecule is CC[C@@H](C(=O)NC1CCCC1)n1nnc(-c2ccc(Cl)cc2)n1. The summed E-state index contributed by atoms with van der Waals surface area (Å²) in [5.74, 6) is 0.466. The summed E-state index contributed by atoms with van der Waals surface area (Å²) in [6.07, 6.45) is 5.11. The second kappa shape index (κ2) is 7.08. The van der Waals surface area contributed by atoms with Gasteiger partial charge in [0.15, 0.2) is 6.04 Å². The molecular formula is C16H20ClN5O. The molecule has 1 N–H and O–H groups in total. The van der Waals surface area contributed by atoms with E-state index in [1.807, 2.05) is 19.1 Å². The second-order valence-electron chi connectivity index (χ2n) is 5.85. The molecule has 0 aliphatic heterocycles. The van der Waals surface area contributed by atoms with E-state index in [1.165, 1.54) is 17.6 Å². The van der Waals surface area contributed by atoms with Crippen molar-refractivity contribution in [2.24, 2.45) is 0 Å². The summed E-state index contributed by atoms with van der Waals surface area (Å²) in [4.78, 5) is 13.9. The van der Waals surface area contributed by atoms with E-state index in [0.717, 1.165) is 18.4 Å². The van der Waals surface area contributed by atoms with Crippen molar-refractivity contribution >= 4 is 17.5 Å². The van der Waals surface area contributed by atoms with Gasteiger partial charge < -0.3 is 5.32 Å². The van der Waals surface area contributed by atoms with Crippen LogP contribution >= 0.6 is 11.6 Å². The molecule has 1 amide bonds. The number of hydrogen-bond donors (Lipinski definition) is 1. The summed E-state index contributed by atoms with van der Waals surface area (Å²) in [6, 6.07) is 7.09. The molecule has 1 aromatic heterocycles. The number of benzene rings is 1. The Morgan fingerprint density at radius 3 is 2.70 bits per heavy atom. The molecule has 0 unspecified atom stereocenters. The molecule has 23 heavy (non-hydrogen) atoms. The maximum Gasteiger partial charge on any atom is 0.247 e. The molecule has 0 spiro atoms. The minimum atomic E-state index is -0.427. The highest BCUT2D eigenvalue weighted by Gasteiger charge is 2.25. The van der Waals surface area contributed by atoms with E-state index in [-0.39, 0.29) is 11.9 Å². The van der Waals surface area contributed by atoms with E-state index in [9.17, 15) is 4.79 Å². The summed E-state index contributed by atoms with van der Waals surface area (Å²) < 4.78 is 0. The predicted octanol–water partition coefficient (Wildman–Crippen LogP) is 3.00. The number of aromatic nitrogens is 4. The number of nitrogens with one attached hydrogen (secondary N) is 1. The number of carbonyl (C=O) groups is 1. The molecule has 6 nitrogen and oxygen atoms in total. The Bertz CT molecular complexity index is 663. The van der Waals surface area contributed by atoms with Crippen molar-refractivity contribution < 1.29 is 4.79 Å². The van der Waals surface area contributed by atoms with Crippen molar-refractivity contribution in [3.8, 4) is 11.4 Å².